The van der Waals surface area contributed by atoms with Crippen molar-refractivity contribution in [1.82, 2.24) is 29.8 Å². The monoisotopic (exact) mass is 344 g/mol. The predicted octanol–water partition coefficient (Wildman–Crippen LogP) is 1.58. The Bertz CT molecular complexity index is 864. The van der Waals surface area contributed by atoms with Gasteiger partial charge in [-0.15, -0.1) is 0 Å². The van der Waals surface area contributed by atoms with Gasteiger partial charge in [-0.05, 0) is 12.1 Å². The molecule has 3 aromatic rings. The van der Waals surface area contributed by atoms with Crippen molar-refractivity contribution in [2.75, 3.05) is 19.8 Å². The topological polar surface area (TPSA) is 82.1 Å². The highest BCUT2D eigenvalue weighted by atomic mass is 19.1. The zero-order chi connectivity index (χ0) is 17.2. The molecule has 4 heterocycles. The maximum absolute atomic E-state index is 13.9. The lowest BCUT2D eigenvalue weighted by atomic mass is 10.2. The second-order valence-electron chi connectivity index (χ2n) is 5.85. The summed E-state index contributed by atoms with van der Waals surface area (Å²) < 4.78 is 26.5. The minimum Gasteiger partial charge on any atom is -0.378 e. The molecular formula is C16H17FN6O2. The van der Waals surface area contributed by atoms with Crippen LogP contribution in [0.2, 0.25) is 0 Å². The Labute approximate surface area is 143 Å². The van der Waals surface area contributed by atoms with E-state index in [9.17, 15) is 4.39 Å². The fourth-order valence-corrected chi connectivity index (χ4v) is 2.81. The SMILES string of the molecule is Cn1cc(-c2nc(C3COCCN3Cc3ncccc3F)no2)cn1. The number of halogens is 1. The van der Waals surface area contributed by atoms with E-state index in [2.05, 4.69) is 20.2 Å². The summed E-state index contributed by atoms with van der Waals surface area (Å²) in [6.07, 6.45) is 5.05. The molecule has 130 valence electrons. The van der Waals surface area contributed by atoms with E-state index in [4.69, 9.17) is 9.26 Å². The van der Waals surface area contributed by atoms with Crippen LogP contribution in [0.1, 0.15) is 17.6 Å². The molecule has 1 fully saturated rings. The summed E-state index contributed by atoms with van der Waals surface area (Å²) in [6, 6.07) is 2.77. The van der Waals surface area contributed by atoms with E-state index < -0.39 is 0 Å². The number of aromatic nitrogens is 5. The molecule has 1 aliphatic heterocycles. The Kier molecular flexibility index (Phi) is 4.24. The maximum atomic E-state index is 13.9. The summed E-state index contributed by atoms with van der Waals surface area (Å²) >= 11 is 0. The fourth-order valence-electron chi connectivity index (χ4n) is 2.81. The third-order valence-electron chi connectivity index (χ3n) is 4.12. The van der Waals surface area contributed by atoms with Crippen LogP contribution >= 0.6 is 0 Å². The first-order valence-electron chi connectivity index (χ1n) is 7.94. The summed E-state index contributed by atoms with van der Waals surface area (Å²) in [4.78, 5) is 10.6. The molecule has 0 spiro atoms. The molecule has 0 radical (unpaired) electrons. The average molecular weight is 344 g/mol. The first kappa shape index (κ1) is 15.9. The van der Waals surface area contributed by atoms with Gasteiger partial charge in [0.05, 0.1) is 36.7 Å². The average Bonchev–Trinajstić information content (AvgIpc) is 3.26. The van der Waals surface area contributed by atoms with Gasteiger partial charge < -0.3 is 9.26 Å². The van der Waals surface area contributed by atoms with Crippen molar-refractivity contribution in [3.63, 3.8) is 0 Å². The number of hydrogen-bond donors (Lipinski definition) is 0. The number of morpholine rings is 1. The summed E-state index contributed by atoms with van der Waals surface area (Å²) in [5, 5.41) is 8.18. The van der Waals surface area contributed by atoms with Crippen molar-refractivity contribution in [1.29, 1.82) is 0 Å². The van der Waals surface area contributed by atoms with Gasteiger partial charge in [0.2, 0.25) is 0 Å². The molecule has 1 aliphatic rings. The van der Waals surface area contributed by atoms with E-state index in [0.29, 0.717) is 43.7 Å². The highest BCUT2D eigenvalue weighted by molar-refractivity contribution is 5.49. The van der Waals surface area contributed by atoms with Crippen LogP contribution in [0.5, 0.6) is 0 Å². The van der Waals surface area contributed by atoms with Crippen LogP contribution in [0.15, 0.2) is 35.2 Å². The second kappa shape index (κ2) is 6.69. The van der Waals surface area contributed by atoms with Gasteiger partial charge in [-0.25, -0.2) is 4.39 Å². The van der Waals surface area contributed by atoms with E-state index in [1.807, 2.05) is 11.9 Å². The Hall–Kier alpha value is -2.65. The van der Waals surface area contributed by atoms with E-state index in [1.165, 1.54) is 6.07 Å². The minimum absolute atomic E-state index is 0.218. The smallest absolute Gasteiger partial charge is 0.261 e. The minimum atomic E-state index is -0.322. The van der Waals surface area contributed by atoms with E-state index in [1.54, 1.807) is 29.3 Å². The Morgan fingerprint density at radius 2 is 2.32 bits per heavy atom. The predicted molar refractivity (Wildman–Crippen MR) is 84.7 cm³/mol. The van der Waals surface area contributed by atoms with Gasteiger partial charge in [-0.3, -0.25) is 14.6 Å². The molecule has 0 aliphatic carbocycles. The number of pyridine rings is 1. The zero-order valence-corrected chi connectivity index (χ0v) is 13.7. The Balaban J connectivity index is 1.57. The summed E-state index contributed by atoms with van der Waals surface area (Å²) in [7, 11) is 1.82. The normalized spacial score (nSPS) is 18.6. The maximum Gasteiger partial charge on any atom is 0.261 e. The van der Waals surface area contributed by atoms with Gasteiger partial charge in [0.25, 0.3) is 5.89 Å². The van der Waals surface area contributed by atoms with Crippen molar-refractivity contribution >= 4 is 0 Å². The van der Waals surface area contributed by atoms with E-state index in [-0.39, 0.29) is 11.9 Å². The summed E-state index contributed by atoms with van der Waals surface area (Å²) in [5.74, 6) is 0.587. The lowest BCUT2D eigenvalue weighted by molar-refractivity contribution is -0.0176. The van der Waals surface area contributed by atoms with E-state index in [0.717, 1.165) is 5.56 Å². The molecule has 1 unspecified atom stereocenters. The van der Waals surface area contributed by atoms with Crippen LogP contribution in [-0.2, 0) is 18.3 Å². The van der Waals surface area contributed by atoms with Crippen LogP contribution in [0.4, 0.5) is 4.39 Å². The fraction of sp³-hybridized carbons (Fsp3) is 0.375. The highest BCUT2D eigenvalue weighted by Gasteiger charge is 2.30. The number of nitrogens with zero attached hydrogens (tertiary/aromatic N) is 6. The second-order valence-corrected chi connectivity index (χ2v) is 5.85. The molecule has 0 N–H and O–H groups in total. The van der Waals surface area contributed by atoms with Crippen molar-refractivity contribution in [3.05, 3.63) is 48.1 Å². The third-order valence-corrected chi connectivity index (χ3v) is 4.12. The van der Waals surface area contributed by atoms with Gasteiger partial charge in [-0.2, -0.15) is 10.1 Å². The molecule has 1 atom stereocenters. The molecule has 1 saturated heterocycles. The van der Waals surface area contributed by atoms with Crippen molar-refractivity contribution < 1.29 is 13.7 Å². The molecule has 4 rings (SSSR count). The van der Waals surface area contributed by atoms with Crippen LogP contribution < -0.4 is 0 Å². The van der Waals surface area contributed by atoms with Crippen LogP contribution in [-0.4, -0.2) is 49.6 Å². The molecular weight excluding hydrogens is 327 g/mol. The van der Waals surface area contributed by atoms with Gasteiger partial charge in [-0.1, -0.05) is 5.16 Å². The molecule has 8 nitrogen and oxygen atoms in total. The molecule has 0 saturated carbocycles. The first-order valence-corrected chi connectivity index (χ1v) is 7.94. The van der Waals surface area contributed by atoms with Crippen molar-refractivity contribution in [3.8, 4) is 11.5 Å². The molecule has 9 heteroatoms. The molecule has 3 aromatic heterocycles. The quantitative estimate of drug-likeness (QED) is 0.710. The number of ether oxygens (including phenoxy) is 1. The standard InChI is InChI=1S/C16H17FN6O2/c1-22-8-11(7-19-22)16-20-15(21-25-16)14-10-24-6-5-23(14)9-13-12(17)3-2-4-18-13/h2-4,7-8,14H,5-6,9-10H2,1H3. The molecule has 0 bridgehead atoms. The lowest BCUT2D eigenvalue weighted by Crippen LogP contribution is -2.39. The van der Waals surface area contributed by atoms with Gasteiger partial charge in [0, 0.05) is 32.5 Å². The number of aryl methyl sites for hydroxylation is 1. The van der Waals surface area contributed by atoms with Crippen LogP contribution in [0.25, 0.3) is 11.5 Å². The van der Waals surface area contributed by atoms with Crippen LogP contribution in [0.3, 0.4) is 0 Å². The van der Waals surface area contributed by atoms with Gasteiger partial charge in [0.15, 0.2) is 5.82 Å². The largest absolute Gasteiger partial charge is 0.378 e. The van der Waals surface area contributed by atoms with Crippen molar-refractivity contribution in [2.24, 2.45) is 7.05 Å². The summed E-state index contributed by atoms with van der Waals surface area (Å²) in [6.45, 7) is 1.98. The third kappa shape index (κ3) is 3.28. The van der Waals surface area contributed by atoms with Gasteiger partial charge in [0.1, 0.15) is 5.82 Å². The first-order chi connectivity index (χ1) is 12.2. The Morgan fingerprint density at radius 1 is 1.40 bits per heavy atom. The summed E-state index contributed by atoms with van der Waals surface area (Å²) in [5.41, 5.74) is 1.14. The lowest BCUT2D eigenvalue weighted by Gasteiger charge is -2.33. The number of rotatable bonds is 4. The highest BCUT2D eigenvalue weighted by Crippen LogP contribution is 2.26. The van der Waals surface area contributed by atoms with Gasteiger partial charge >= 0.3 is 0 Å². The Morgan fingerprint density at radius 3 is 3.12 bits per heavy atom. The van der Waals surface area contributed by atoms with E-state index >= 15 is 0 Å². The number of hydrogen-bond acceptors (Lipinski definition) is 7. The molecule has 0 amide bonds. The molecule has 25 heavy (non-hydrogen) atoms. The molecule has 0 aromatic carbocycles. The zero-order valence-electron chi connectivity index (χ0n) is 13.7. The van der Waals surface area contributed by atoms with Crippen molar-refractivity contribution in [2.45, 2.75) is 12.6 Å². The van der Waals surface area contributed by atoms with Crippen LogP contribution in [0, 0.1) is 5.82 Å².